The summed E-state index contributed by atoms with van der Waals surface area (Å²) in [5, 5.41) is 2.29. The first-order valence-electron chi connectivity index (χ1n) is 7.23. The van der Waals surface area contributed by atoms with Gasteiger partial charge in [-0.3, -0.25) is 9.63 Å². The monoisotopic (exact) mass is 284 g/mol. The molecule has 1 saturated carbocycles. The Morgan fingerprint density at radius 2 is 1.90 bits per heavy atom. The van der Waals surface area contributed by atoms with Gasteiger partial charge in [0.05, 0.1) is 7.11 Å². The Kier molecular flexibility index (Phi) is 4.22. The average Bonchev–Trinajstić information content (AvgIpc) is 2.82. The molecule has 0 aromatic rings. The molecule has 20 heavy (non-hydrogen) atoms. The molecule has 1 aliphatic heterocycles. The number of ether oxygens (including phenoxy) is 1. The molecule has 114 valence electrons. The fourth-order valence-corrected chi connectivity index (χ4v) is 2.86. The molecular weight excluding hydrogens is 260 g/mol. The number of hydrogen-bond acceptors (Lipinski definition) is 4. The molecule has 2 fully saturated rings. The minimum atomic E-state index is -0.590. The van der Waals surface area contributed by atoms with Gasteiger partial charge in [-0.15, -0.1) is 5.17 Å². The lowest BCUT2D eigenvalue weighted by Crippen LogP contribution is -2.70. The van der Waals surface area contributed by atoms with E-state index in [0.29, 0.717) is 12.3 Å². The lowest BCUT2D eigenvalue weighted by molar-refractivity contribution is -0.298. The van der Waals surface area contributed by atoms with E-state index in [2.05, 4.69) is 0 Å². The summed E-state index contributed by atoms with van der Waals surface area (Å²) in [6.07, 6.45) is 4.88. The third kappa shape index (κ3) is 3.06. The molecule has 0 spiro atoms. The van der Waals surface area contributed by atoms with E-state index in [1.807, 2.05) is 0 Å². The zero-order chi connectivity index (χ0) is 14.9. The lowest BCUT2D eigenvalue weighted by Gasteiger charge is -2.47. The summed E-state index contributed by atoms with van der Waals surface area (Å²) in [5.41, 5.74) is -0.590. The van der Waals surface area contributed by atoms with Crippen LogP contribution >= 0.6 is 0 Å². The van der Waals surface area contributed by atoms with Crippen LogP contribution in [0, 0.1) is 5.92 Å². The second-order valence-electron chi connectivity index (χ2n) is 6.52. The van der Waals surface area contributed by atoms with Crippen molar-refractivity contribution < 1.29 is 19.2 Å². The van der Waals surface area contributed by atoms with Gasteiger partial charge in [0.15, 0.2) is 0 Å². The Bertz CT molecular complexity index is 385. The molecule has 6 nitrogen and oxygen atoms in total. The van der Waals surface area contributed by atoms with Crippen LogP contribution in [0.25, 0.3) is 0 Å². The third-order valence-corrected chi connectivity index (χ3v) is 3.75. The Morgan fingerprint density at radius 1 is 1.30 bits per heavy atom. The number of hydrazine groups is 1. The van der Waals surface area contributed by atoms with Gasteiger partial charge in [0.2, 0.25) is 0 Å². The molecule has 1 atom stereocenters. The molecule has 0 radical (unpaired) electrons. The van der Waals surface area contributed by atoms with Crippen molar-refractivity contribution in [1.29, 1.82) is 0 Å². The fourth-order valence-electron chi connectivity index (χ4n) is 2.86. The van der Waals surface area contributed by atoms with Crippen LogP contribution in [0.15, 0.2) is 0 Å². The van der Waals surface area contributed by atoms with Gasteiger partial charge in [-0.25, -0.2) is 4.79 Å². The van der Waals surface area contributed by atoms with Crippen LogP contribution in [0.5, 0.6) is 0 Å². The maximum absolute atomic E-state index is 12.2. The Morgan fingerprint density at radius 3 is 2.40 bits per heavy atom. The van der Waals surface area contributed by atoms with Crippen LogP contribution in [0.2, 0.25) is 0 Å². The highest BCUT2D eigenvalue weighted by Gasteiger charge is 2.51. The van der Waals surface area contributed by atoms with E-state index in [0.717, 1.165) is 18.0 Å². The van der Waals surface area contributed by atoms with Crippen molar-refractivity contribution >= 4 is 12.0 Å². The number of hydroxylamine groups is 1. The summed E-state index contributed by atoms with van der Waals surface area (Å²) in [7, 11) is 1.38. The highest BCUT2D eigenvalue weighted by Crippen LogP contribution is 2.34. The Balaban J connectivity index is 2.01. The van der Waals surface area contributed by atoms with Gasteiger partial charge in [0.1, 0.15) is 11.6 Å². The summed E-state index contributed by atoms with van der Waals surface area (Å²) >= 11 is 0. The zero-order valence-corrected chi connectivity index (χ0v) is 12.7. The molecule has 1 heterocycles. The largest absolute Gasteiger partial charge is 0.442 e. The maximum atomic E-state index is 12.2. The van der Waals surface area contributed by atoms with Crippen LogP contribution in [0.4, 0.5) is 4.79 Å². The van der Waals surface area contributed by atoms with E-state index in [9.17, 15) is 9.59 Å². The number of rotatable bonds is 3. The fraction of sp³-hybridized carbons (Fsp3) is 0.857. The van der Waals surface area contributed by atoms with Crippen molar-refractivity contribution in [3.8, 4) is 0 Å². The standard InChI is InChI=1S/C14H24N2O4/c1-14(2,3)20-13(18)15-11(12(17)16(15)19-4)9-10-7-5-6-8-10/h10-11H,5-9H2,1-4H3/t11-/m0/s1. The number of nitrogens with zero attached hydrogens (tertiary/aromatic N) is 2. The van der Waals surface area contributed by atoms with Gasteiger partial charge in [0, 0.05) is 0 Å². The molecule has 0 bridgehead atoms. The van der Waals surface area contributed by atoms with E-state index in [1.165, 1.54) is 25.0 Å². The SMILES string of the molecule is CON1C(=O)[C@H](CC2CCCC2)N1C(=O)OC(C)(C)C. The molecule has 0 aromatic carbocycles. The van der Waals surface area contributed by atoms with Gasteiger partial charge < -0.3 is 4.74 Å². The number of amides is 2. The predicted molar refractivity (Wildman–Crippen MR) is 72.3 cm³/mol. The zero-order valence-electron chi connectivity index (χ0n) is 12.7. The summed E-state index contributed by atoms with van der Waals surface area (Å²) in [5.74, 6) is 0.359. The van der Waals surface area contributed by atoms with Crippen molar-refractivity contribution in [2.75, 3.05) is 7.11 Å². The van der Waals surface area contributed by atoms with Crippen molar-refractivity contribution in [3.05, 3.63) is 0 Å². The number of carbonyl (C=O) groups excluding carboxylic acids is 2. The lowest BCUT2D eigenvalue weighted by atomic mass is 9.96. The van der Waals surface area contributed by atoms with Crippen molar-refractivity contribution in [1.82, 2.24) is 10.2 Å². The minimum absolute atomic E-state index is 0.162. The summed E-state index contributed by atoms with van der Waals surface area (Å²) < 4.78 is 5.33. The third-order valence-electron chi connectivity index (χ3n) is 3.75. The summed E-state index contributed by atoms with van der Waals surface area (Å²) in [6.45, 7) is 5.40. The number of carbonyl (C=O) groups is 2. The van der Waals surface area contributed by atoms with Crippen LogP contribution in [0.1, 0.15) is 52.9 Å². The van der Waals surface area contributed by atoms with Crippen molar-refractivity contribution in [3.63, 3.8) is 0 Å². The Labute approximate surface area is 119 Å². The molecule has 0 aromatic heterocycles. The second kappa shape index (κ2) is 5.60. The topological polar surface area (TPSA) is 59.1 Å². The number of hydrogen-bond donors (Lipinski definition) is 0. The molecule has 0 unspecified atom stereocenters. The van der Waals surface area contributed by atoms with Crippen molar-refractivity contribution in [2.45, 2.75) is 64.5 Å². The average molecular weight is 284 g/mol. The van der Waals surface area contributed by atoms with Gasteiger partial charge in [0.25, 0.3) is 5.91 Å². The second-order valence-corrected chi connectivity index (χ2v) is 6.52. The molecule has 0 N–H and O–H groups in total. The maximum Gasteiger partial charge on any atom is 0.432 e. The molecular formula is C14H24N2O4. The molecule has 2 aliphatic rings. The van der Waals surface area contributed by atoms with Crippen LogP contribution in [0.3, 0.4) is 0 Å². The highest BCUT2D eigenvalue weighted by atomic mass is 16.7. The summed E-state index contributed by atoms with van der Waals surface area (Å²) in [4.78, 5) is 29.1. The van der Waals surface area contributed by atoms with E-state index < -0.39 is 17.7 Å². The smallest absolute Gasteiger partial charge is 0.432 e. The predicted octanol–water partition coefficient (Wildman–Crippen LogP) is 2.49. The normalized spacial score (nSPS) is 24.0. The molecule has 1 aliphatic carbocycles. The van der Waals surface area contributed by atoms with Crippen LogP contribution in [-0.2, 0) is 14.4 Å². The quantitative estimate of drug-likeness (QED) is 0.799. The first-order chi connectivity index (χ1) is 9.33. The van der Waals surface area contributed by atoms with Gasteiger partial charge in [-0.05, 0) is 33.1 Å². The Hall–Kier alpha value is -1.30. The van der Waals surface area contributed by atoms with E-state index in [-0.39, 0.29) is 5.91 Å². The first-order valence-corrected chi connectivity index (χ1v) is 7.23. The van der Waals surface area contributed by atoms with Gasteiger partial charge >= 0.3 is 6.09 Å². The summed E-state index contributed by atoms with van der Waals surface area (Å²) in [6, 6.07) is -0.437. The van der Waals surface area contributed by atoms with Crippen molar-refractivity contribution in [2.24, 2.45) is 5.92 Å². The van der Waals surface area contributed by atoms with Crippen LogP contribution < -0.4 is 0 Å². The minimum Gasteiger partial charge on any atom is -0.442 e. The molecule has 2 rings (SSSR count). The molecule has 6 heteroatoms. The highest BCUT2D eigenvalue weighted by molar-refractivity contribution is 5.92. The van der Waals surface area contributed by atoms with Gasteiger partial charge in [-0.2, -0.15) is 5.01 Å². The van der Waals surface area contributed by atoms with E-state index in [1.54, 1.807) is 20.8 Å². The van der Waals surface area contributed by atoms with E-state index in [4.69, 9.17) is 9.57 Å². The van der Waals surface area contributed by atoms with Crippen LogP contribution in [-0.4, -0.2) is 40.9 Å². The van der Waals surface area contributed by atoms with Gasteiger partial charge in [-0.1, -0.05) is 25.7 Å². The first kappa shape index (κ1) is 15.1. The molecule has 2 amide bonds. The molecule has 1 saturated heterocycles. The van der Waals surface area contributed by atoms with E-state index >= 15 is 0 Å².